The molecule has 0 amide bonds. The summed E-state index contributed by atoms with van der Waals surface area (Å²) in [5, 5.41) is 0.123. The van der Waals surface area contributed by atoms with E-state index in [0.29, 0.717) is 0 Å². The summed E-state index contributed by atoms with van der Waals surface area (Å²) < 4.78 is 0. The largest absolute Gasteiger partial charge is 0.373 e. The summed E-state index contributed by atoms with van der Waals surface area (Å²) in [4.78, 5) is 2.20. The lowest BCUT2D eigenvalue weighted by Gasteiger charge is -2.22. The highest BCUT2D eigenvalue weighted by molar-refractivity contribution is 6.21. The minimum absolute atomic E-state index is 0.123. The Kier molecular flexibility index (Phi) is 4.66. The smallest absolute Gasteiger partial charge is 0.0551 e. The van der Waals surface area contributed by atoms with E-state index in [2.05, 4.69) is 48.3 Å². The van der Waals surface area contributed by atoms with Crippen molar-refractivity contribution in [3.8, 4) is 0 Å². The highest BCUT2D eigenvalue weighted by atomic mass is 35.5. The van der Waals surface area contributed by atoms with E-state index in [-0.39, 0.29) is 5.38 Å². The third-order valence-electron chi connectivity index (χ3n) is 2.97. The second kappa shape index (κ2) is 6.46. The monoisotopic (exact) mass is 259 g/mol. The minimum Gasteiger partial charge on any atom is -0.373 e. The Morgan fingerprint density at radius 3 is 2.11 bits per heavy atom. The first-order valence-corrected chi connectivity index (χ1v) is 6.63. The average molecular weight is 260 g/mol. The van der Waals surface area contributed by atoms with Crippen LogP contribution in [0.25, 0.3) is 0 Å². The highest BCUT2D eigenvalue weighted by Crippen LogP contribution is 2.15. The summed E-state index contributed by atoms with van der Waals surface area (Å²) in [5.74, 6) is 0. The molecule has 0 aliphatic rings. The molecule has 0 spiro atoms. The Morgan fingerprint density at radius 1 is 0.944 bits per heavy atom. The van der Waals surface area contributed by atoms with Crippen molar-refractivity contribution in [2.24, 2.45) is 0 Å². The third-order valence-corrected chi connectivity index (χ3v) is 3.26. The molecule has 0 aliphatic carbocycles. The normalized spacial score (nSPS) is 12.1. The molecule has 0 aliphatic heterocycles. The van der Waals surface area contributed by atoms with Crippen molar-refractivity contribution in [3.05, 3.63) is 66.2 Å². The van der Waals surface area contributed by atoms with Crippen LogP contribution in [-0.4, -0.2) is 19.0 Å². The molecule has 1 nitrogen and oxygen atoms in total. The van der Waals surface area contributed by atoms with Gasteiger partial charge in [-0.05, 0) is 24.1 Å². The van der Waals surface area contributed by atoms with Crippen molar-refractivity contribution in [1.82, 2.24) is 0 Å². The first-order valence-electron chi connectivity index (χ1n) is 6.20. The molecule has 0 fully saturated rings. The van der Waals surface area contributed by atoms with Gasteiger partial charge in [-0.3, -0.25) is 0 Å². The molecule has 1 atom stereocenters. The van der Waals surface area contributed by atoms with Gasteiger partial charge in [0.15, 0.2) is 0 Å². The summed E-state index contributed by atoms with van der Waals surface area (Å²) >= 11 is 6.42. The first-order chi connectivity index (χ1) is 8.75. The zero-order valence-electron chi connectivity index (χ0n) is 10.6. The molecule has 18 heavy (non-hydrogen) atoms. The van der Waals surface area contributed by atoms with Gasteiger partial charge in [-0.1, -0.05) is 48.5 Å². The number of hydrogen-bond acceptors (Lipinski definition) is 1. The predicted octanol–water partition coefficient (Wildman–Crippen LogP) is 3.97. The van der Waals surface area contributed by atoms with Gasteiger partial charge in [0.25, 0.3) is 0 Å². The van der Waals surface area contributed by atoms with Crippen LogP contribution < -0.4 is 4.90 Å². The molecule has 94 valence electrons. The number of nitrogens with zero attached hydrogens (tertiary/aromatic N) is 1. The SMILES string of the molecule is CN(C[C@H](Cl)Cc1ccccc1)c1ccccc1. The molecule has 0 N–H and O–H groups in total. The fourth-order valence-electron chi connectivity index (χ4n) is 2.02. The number of alkyl halides is 1. The standard InChI is InChI=1S/C16H18ClN/c1-18(16-10-6-3-7-11-16)13-15(17)12-14-8-4-2-5-9-14/h2-11,15H,12-13H2,1H3/t15-/m1/s1. The van der Waals surface area contributed by atoms with Crippen LogP contribution in [0.3, 0.4) is 0 Å². The van der Waals surface area contributed by atoms with E-state index < -0.39 is 0 Å². The van der Waals surface area contributed by atoms with Crippen LogP contribution in [0.1, 0.15) is 5.56 Å². The number of hydrogen-bond donors (Lipinski definition) is 0. The average Bonchev–Trinajstić information content (AvgIpc) is 2.40. The van der Waals surface area contributed by atoms with Gasteiger partial charge in [-0.25, -0.2) is 0 Å². The van der Waals surface area contributed by atoms with E-state index in [0.717, 1.165) is 13.0 Å². The van der Waals surface area contributed by atoms with Crippen LogP contribution in [-0.2, 0) is 6.42 Å². The maximum Gasteiger partial charge on any atom is 0.0551 e. The van der Waals surface area contributed by atoms with Gasteiger partial charge in [0, 0.05) is 19.3 Å². The van der Waals surface area contributed by atoms with Gasteiger partial charge < -0.3 is 4.90 Å². The second-order valence-corrected chi connectivity index (χ2v) is 5.12. The van der Waals surface area contributed by atoms with Crippen LogP contribution in [0.4, 0.5) is 5.69 Å². The quantitative estimate of drug-likeness (QED) is 0.735. The number of para-hydroxylation sites is 1. The van der Waals surface area contributed by atoms with E-state index >= 15 is 0 Å². The van der Waals surface area contributed by atoms with E-state index in [9.17, 15) is 0 Å². The zero-order valence-corrected chi connectivity index (χ0v) is 11.3. The number of rotatable bonds is 5. The molecule has 0 bridgehead atoms. The van der Waals surface area contributed by atoms with Gasteiger partial charge in [-0.2, -0.15) is 0 Å². The lowest BCUT2D eigenvalue weighted by atomic mass is 10.1. The topological polar surface area (TPSA) is 3.24 Å². The lowest BCUT2D eigenvalue weighted by Crippen LogP contribution is -2.27. The zero-order chi connectivity index (χ0) is 12.8. The summed E-state index contributed by atoms with van der Waals surface area (Å²) in [5.41, 5.74) is 2.50. The van der Waals surface area contributed by atoms with Crippen LogP contribution in [0.5, 0.6) is 0 Å². The fourth-order valence-corrected chi connectivity index (χ4v) is 2.40. The van der Waals surface area contributed by atoms with Crippen LogP contribution in [0.15, 0.2) is 60.7 Å². The molecular formula is C16H18ClN. The minimum atomic E-state index is 0.123. The molecule has 0 saturated heterocycles. The maximum absolute atomic E-state index is 6.42. The molecule has 2 heteroatoms. The van der Waals surface area contributed by atoms with E-state index in [4.69, 9.17) is 11.6 Å². The van der Waals surface area contributed by atoms with Crippen LogP contribution in [0, 0.1) is 0 Å². The van der Waals surface area contributed by atoms with Gasteiger partial charge in [-0.15, -0.1) is 11.6 Å². The number of halogens is 1. The van der Waals surface area contributed by atoms with Crippen molar-refractivity contribution in [3.63, 3.8) is 0 Å². The van der Waals surface area contributed by atoms with Gasteiger partial charge >= 0.3 is 0 Å². The predicted molar refractivity (Wildman–Crippen MR) is 79.5 cm³/mol. The fraction of sp³-hybridized carbons (Fsp3) is 0.250. The molecule has 2 aromatic rings. The molecule has 2 rings (SSSR count). The Labute approximate surface area is 114 Å². The summed E-state index contributed by atoms with van der Waals surface area (Å²) in [6.45, 7) is 0.848. The van der Waals surface area contributed by atoms with E-state index in [1.165, 1.54) is 11.3 Å². The third kappa shape index (κ3) is 3.78. The molecular weight excluding hydrogens is 242 g/mol. The molecule has 2 aromatic carbocycles. The Balaban J connectivity index is 1.90. The van der Waals surface area contributed by atoms with Crippen molar-refractivity contribution in [1.29, 1.82) is 0 Å². The molecule has 0 aromatic heterocycles. The second-order valence-electron chi connectivity index (χ2n) is 4.50. The summed E-state index contributed by atoms with van der Waals surface area (Å²) in [7, 11) is 2.08. The molecule has 0 saturated carbocycles. The van der Waals surface area contributed by atoms with Crippen molar-refractivity contribution in [2.45, 2.75) is 11.8 Å². The van der Waals surface area contributed by atoms with Crippen LogP contribution >= 0.6 is 11.6 Å². The van der Waals surface area contributed by atoms with Crippen molar-refractivity contribution in [2.75, 3.05) is 18.5 Å². The lowest BCUT2D eigenvalue weighted by molar-refractivity contribution is 0.794. The molecule has 0 radical (unpaired) electrons. The van der Waals surface area contributed by atoms with Gasteiger partial charge in [0.1, 0.15) is 0 Å². The number of benzene rings is 2. The van der Waals surface area contributed by atoms with E-state index in [1.807, 2.05) is 24.3 Å². The number of anilines is 1. The van der Waals surface area contributed by atoms with Crippen LogP contribution in [0.2, 0.25) is 0 Å². The van der Waals surface area contributed by atoms with E-state index in [1.54, 1.807) is 0 Å². The first kappa shape index (κ1) is 13.0. The van der Waals surface area contributed by atoms with Gasteiger partial charge in [0.2, 0.25) is 0 Å². The summed E-state index contributed by atoms with van der Waals surface area (Å²) in [6.07, 6.45) is 0.902. The van der Waals surface area contributed by atoms with Crippen molar-refractivity contribution >= 4 is 17.3 Å². The molecule has 0 heterocycles. The molecule has 0 unspecified atom stereocenters. The van der Waals surface area contributed by atoms with Gasteiger partial charge in [0.05, 0.1) is 5.38 Å². The van der Waals surface area contributed by atoms with Crippen molar-refractivity contribution < 1.29 is 0 Å². The Hall–Kier alpha value is -1.47. The highest BCUT2D eigenvalue weighted by Gasteiger charge is 2.09. The maximum atomic E-state index is 6.42. The Bertz CT molecular complexity index is 455. The summed E-state index contributed by atoms with van der Waals surface area (Å²) in [6, 6.07) is 20.7. The Morgan fingerprint density at radius 2 is 1.50 bits per heavy atom.